The van der Waals surface area contributed by atoms with Crippen molar-refractivity contribution in [1.29, 1.82) is 0 Å². The van der Waals surface area contributed by atoms with E-state index in [1.165, 1.54) is 25.1 Å². The van der Waals surface area contributed by atoms with E-state index in [2.05, 4.69) is 4.74 Å². The van der Waals surface area contributed by atoms with Gasteiger partial charge in [-0.3, -0.25) is 14.9 Å². The summed E-state index contributed by atoms with van der Waals surface area (Å²) in [6, 6.07) is 5.05. The maximum Gasteiger partial charge on any atom is 0.379 e. The zero-order valence-corrected chi connectivity index (χ0v) is 10.0. The minimum Gasteiger partial charge on any atom is -0.507 e. The number of ketones is 1. The molecule has 0 spiro atoms. The van der Waals surface area contributed by atoms with E-state index in [0.717, 1.165) is 6.07 Å². The number of nitrogens with zero attached hydrogens (tertiary/aromatic N) is 1. The molecule has 7 nitrogen and oxygen atoms in total. The number of aliphatic hydroxyl groups excluding tert-OH is 1. The van der Waals surface area contributed by atoms with Gasteiger partial charge >= 0.3 is 5.97 Å². The second kappa shape index (κ2) is 6.29. The van der Waals surface area contributed by atoms with Crippen molar-refractivity contribution in [2.75, 3.05) is 6.61 Å². The monoisotopic (exact) mass is 265 g/mol. The Bertz CT molecular complexity index is 549. The molecule has 0 aliphatic heterocycles. The summed E-state index contributed by atoms with van der Waals surface area (Å²) in [5, 5.41) is 20.2. The first-order valence-corrected chi connectivity index (χ1v) is 5.32. The highest BCUT2D eigenvalue weighted by molar-refractivity contribution is 6.39. The average molecular weight is 265 g/mol. The van der Waals surface area contributed by atoms with Gasteiger partial charge in [0.1, 0.15) is 5.76 Å². The van der Waals surface area contributed by atoms with Gasteiger partial charge in [-0.15, -0.1) is 0 Å². The van der Waals surface area contributed by atoms with Crippen LogP contribution in [0, 0.1) is 10.1 Å². The lowest BCUT2D eigenvalue weighted by molar-refractivity contribution is -0.384. The maximum atomic E-state index is 11.3. The zero-order chi connectivity index (χ0) is 14.4. The van der Waals surface area contributed by atoms with E-state index in [0.29, 0.717) is 6.08 Å². The Morgan fingerprint density at radius 3 is 2.74 bits per heavy atom. The summed E-state index contributed by atoms with van der Waals surface area (Å²) in [4.78, 5) is 32.3. The fourth-order valence-corrected chi connectivity index (χ4v) is 1.25. The fraction of sp³-hybridized carbons (Fsp3) is 0.167. The molecule has 0 atom stereocenters. The quantitative estimate of drug-likeness (QED) is 0.216. The number of carbonyl (C=O) groups excluding carboxylic acids is 2. The molecular weight excluding hydrogens is 254 g/mol. The lowest BCUT2D eigenvalue weighted by Gasteiger charge is -2.00. The number of non-ortho nitro benzene ring substituents is 1. The number of benzene rings is 1. The van der Waals surface area contributed by atoms with E-state index in [9.17, 15) is 24.8 Å². The molecule has 0 aliphatic carbocycles. The number of ether oxygens (including phenoxy) is 1. The van der Waals surface area contributed by atoms with E-state index in [4.69, 9.17) is 0 Å². The topological polar surface area (TPSA) is 107 Å². The molecule has 0 radical (unpaired) electrons. The van der Waals surface area contributed by atoms with Crippen molar-refractivity contribution in [3.8, 4) is 0 Å². The van der Waals surface area contributed by atoms with Crippen LogP contribution in [0.5, 0.6) is 0 Å². The van der Waals surface area contributed by atoms with Gasteiger partial charge in [-0.2, -0.15) is 0 Å². The van der Waals surface area contributed by atoms with E-state index in [1.54, 1.807) is 0 Å². The summed E-state index contributed by atoms with van der Waals surface area (Å²) >= 11 is 0. The summed E-state index contributed by atoms with van der Waals surface area (Å²) < 4.78 is 4.45. The largest absolute Gasteiger partial charge is 0.507 e. The highest BCUT2D eigenvalue weighted by Crippen LogP contribution is 2.18. The zero-order valence-electron chi connectivity index (χ0n) is 10.0. The number of hydrogen-bond acceptors (Lipinski definition) is 6. The fourth-order valence-electron chi connectivity index (χ4n) is 1.25. The molecule has 0 saturated carbocycles. The van der Waals surface area contributed by atoms with E-state index in [-0.39, 0.29) is 17.9 Å². The molecule has 0 aliphatic rings. The Hall–Kier alpha value is -2.70. The highest BCUT2D eigenvalue weighted by Gasteiger charge is 2.15. The molecule has 0 unspecified atom stereocenters. The highest BCUT2D eigenvalue weighted by atomic mass is 16.6. The molecule has 0 saturated heterocycles. The molecule has 0 amide bonds. The minimum atomic E-state index is -1.10. The third-order valence-electron chi connectivity index (χ3n) is 2.10. The first kappa shape index (κ1) is 14.4. The Morgan fingerprint density at radius 2 is 2.16 bits per heavy atom. The number of rotatable bonds is 5. The number of hydrogen-bond donors (Lipinski definition) is 1. The van der Waals surface area contributed by atoms with Crippen LogP contribution < -0.4 is 0 Å². The molecule has 1 N–H and O–H groups in total. The van der Waals surface area contributed by atoms with E-state index in [1.807, 2.05) is 0 Å². The number of nitro benzene ring substituents is 1. The van der Waals surface area contributed by atoms with Crippen molar-refractivity contribution in [1.82, 2.24) is 0 Å². The lowest BCUT2D eigenvalue weighted by atomic mass is 10.1. The summed E-state index contributed by atoms with van der Waals surface area (Å²) in [5.74, 6) is -2.67. The third kappa shape index (κ3) is 3.91. The molecule has 100 valence electrons. The van der Waals surface area contributed by atoms with Crippen LogP contribution in [0.4, 0.5) is 5.69 Å². The minimum absolute atomic E-state index is 0.0377. The van der Waals surface area contributed by atoms with Crippen molar-refractivity contribution >= 4 is 23.2 Å². The standard InChI is InChI=1S/C12H11NO6/c1-2-19-12(16)11(15)7-10(14)8-4-3-5-9(6-8)13(17)18/h3-7,14H,2H2,1H3/b10-7-. The van der Waals surface area contributed by atoms with E-state index >= 15 is 0 Å². The van der Waals surface area contributed by atoms with Gasteiger partial charge in [0.25, 0.3) is 11.5 Å². The summed E-state index contributed by atoms with van der Waals surface area (Å²) in [5.41, 5.74) is -0.173. The lowest BCUT2D eigenvalue weighted by Crippen LogP contribution is -2.15. The molecule has 0 heterocycles. The number of nitro groups is 1. The van der Waals surface area contributed by atoms with Crippen molar-refractivity contribution in [3.63, 3.8) is 0 Å². The van der Waals surface area contributed by atoms with Gasteiger partial charge < -0.3 is 9.84 Å². The number of carbonyl (C=O) groups is 2. The predicted octanol–water partition coefficient (Wildman–Crippen LogP) is 1.63. The van der Waals surface area contributed by atoms with Crippen molar-refractivity contribution in [2.45, 2.75) is 6.92 Å². The van der Waals surface area contributed by atoms with Gasteiger partial charge in [0.2, 0.25) is 0 Å². The molecule has 1 aromatic rings. The van der Waals surface area contributed by atoms with Crippen LogP contribution in [0.3, 0.4) is 0 Å². The van der Waals surface area contributed by atoms with Gasteiger partial charge in [0, 0.05) is 23.8 Å². The molecule has 7 heteroatoms. The predicted molar refractivity (Wildman–Crippen MR) is 65.3 cm³/mol. The van der Waals surface area contributed by atoms with Gasteiger partial charge in [0.15, 0.2) is 0 Å². The van der Waals surface area contributed by atoms with Gasteiger partial charge in [-0.1, -0.05) is 12.1 Å². The summed E-state index contributed by atoms with van der Waals surface area (Å²) in [7, 11) is 0. The Labute approximate surface area is 108 Å². The third-order valence-corrected chi connectivity index (χ3v) is 2.10. The first-order valence-electron chi connectivity index (χ1n) is 5.32. The van der Waals surface area contributed by atoms with Gasteiger partial charge in [-0.05, 0) is 6.92 Å². The van der Waals surface area contributed by atoms with Crippen LogP contribution in [0.2, 0.25) is 0 Å². The SMILES string of the molecule is CCOC(=O)C(=O)/C=C(\O)c1cccc([N+](=O)[O-])c1. The summed E-state index contributed by atoms with van der Waals surface area (Å²) in [6.45, 7) is 1.57. The van der Waals surface area contributed by atoms with Gasteiger partial charge in [0.05, 0.1) is 11.5 Å². The summed E-state index contributed by atoms with van der Waals surface area (Å²) in [6.07, 6.45) is 0.664. The van der Waals surface area contributed by atoms with Crippen LogP contribution in [-0.2, 0) is 14.3 Å². The smallest absolute Gasteiger partial charge is 0.379 e. The number of esters is 1. The Morgan fingerprint density at radius 1 is 1.47 bits per heavy atom. The maximum absolute atomic E-state index is 11.3. The van der Waals surface area contributed by atoms with Crippen molar-refractivity contribution in [3.05, 3.63) is 46.0 Å². The van der Waals surface area contributed by atoms with Crippen molar-refractivity contribution < 1.29 is 24.4 Å². The van der Waals surface area contributed by atoms with Crippen molar-refractivity contribution in [2.24, 2.45) is 0 Å². The van der Waals surface area contributed by atoms with Crippen LogP contribution in [0.15, 0.2) is 30.3 Å². The second-order valence-corrected chi connectivity index (χ2v) is 3.42. The van der Waals surface area contributed by atoms with E-state index < -0.39 is 22.4 Å². The number of aliphatic hydroxyl groups is 1. The molecule has 0 bridgehead atoms. The molecule has 1 aromatic carbocycles. The van der Waals surface area contributed by atoms with Crippen LogP contribution in [0.25, 0.3) is 5.76 Å². The molecular formula is C12H11NO6. The molecule has 1 rings (SSSR count). The first-order chi connectivity index (χ1) is 8.95. The molecule has 19 heavy (non-hydrogen) atoms. The van der Waals surface area contributed by atoms with Crippen LogP contribution in [0.1, 0.15) is 12.5 Å². The Balaban J connectivity index is 2.96. The molecule has 0 fully saturated rings. The second-order valence-electron chi connectivity index (χ2n) is 3.42. The Kier molecular flexibility index (Phi) is 4.76. The van der Waals surface area contributed by atoms with Crippen LogP contribution >= 0.6 is 0 Å². The van der Waals surface area contributed by atoms with Crippen LogP contribution in [-0.4, -0.2) is 28.4 Å². The van der Waals surface area contributed by atoms with Gasteiger partial charge in [-0.25, -0.2) is 4.79 Å². The average Bonchev–Trinajstić information content (AvgIpc) is 2.39. The molecule has 0 aromatic heterocycles. The normalized spacial score (nSPS) is 10.9.